The molecule has 5 heteroatoms. The van der Waals surface area contributed by atoms with E-state index < -0.39 is 11.5 Å². The van der Waals surface area contributed by atoms with E-state index in [9.17, 15) is 14.7 Å². The van der Waals surface area contributed by atoms with E-state index in [0.29, 0.717) is 18.8 Å². The molecule has 1 aromatic heterocycles. The van der Waals surface area contributed by atoms with E-state index in [-0.39, 0.29) is 5.56 Å². The zero-order chi connectivity index (χ0) is 12.5. The van der Waals surface area contributed by atoms with Crippen LogP contribution in [0.1, 0.15) is 32.6 Å². The molecule has 5 nitrogen and oxygen atoms in total. The summed E-state index contributed by atoms with van der Waals surface area (Å²) in [5.74, 6) is -0.654. The van der Waals surface area contributed by atoms with Crippen LogP contribution in [0.15, 0.2) is 23.1 Å². The summed E-state index contributed by atoms with van der Waals surface area (Å²) >= 11 is 0. The molecule has 1 heterocycles. The van der Waals surface area contributed by atoms with Crippen molar-refractivity contribution in [1.82, 2.24) is 9.78 Å². The first-order valence-corrected chi connectivity index (χ1v) is 5.84. The van der Waals surface area contributed by atoms with Gasteiger partial charge >= 0.3 is 5.97 Å². The van der Waals surface area contributed by atoms with Gasteiger partial charge < -0.3 is 5.11 Å². The van der Waals surface area contributed by atoms with Crippen molar-refractivity contribution < 1.29 is 9.90 Å². The summed E-state index contributed by atoms with van der Waals surface area (Å²) in [5, 5.41) is 13.4. The van der Waals surface area contributed by atoms with Gasteiger partial charge in [0.15, 0.2) is 5.54 Å². The van der Waals surface area contributed by atoms with Crippen molar-refractivity contribution in [3.8, 4) is 0 Å². The minimum absolute atomic E-state index is 0.300. The van der Waals surface area contributed by atoms with E-state index in [1.54, 1.807) is 0 Å². The van der Waals surface area contributed by atoms with E-state index in [4.69, 9.17) is 0 Å². The van der Waals surface area contributed by atoms with E-state index in [2.05, 4.69) is 5.10 Å². The molecule has 0 saturated heterocycles. The molecule has 17 heavy (non-hydrogen) atoms. The summed E-state index contributed by atoms with van der Waals surface area (Å²) in [5.41, 5.74) is -1.50. The van der Waals surface area contributed by atoms with Gasteiger partial charge in [-0.05, 0) is 24.8 Å². The first-order chi connectivity index (χ1) is 8.06. The Morgan fingerprint density at radius 1 is 1.65 bits per heavy atom. The molecule has 1 N–H and O–H groups in total. The quantitative estimate of drug-likeness (QED) is 0.838. The Bertz CT molecular complexity index is 483. The maximum Gasteiger partial charge on any atom is 0.331 e. The van der Waals surface area contributed by atoms with Crippen molar-refractivity contribution in [2.75, 3.05) is 0 Å². The highest BCUT2D eigenvalue weighted by Crippen LogP contribution is 2.36. The summed E-state index contributed by atoms with van der Waals surface area (Å²) in [6.07, 6.45) is 4.24. The molecule has 1 aliphatic rings. The number of rotatable bonds is 2. The molecule has 0 radical (unpaired) electrons. The molecule has 2 unspecified atom stereocenters. The predicted molar refractivity (Wildman–Crippen MR) is 61.7 cm³/mol. The smallest absolute Gasteiger partial charge is 0.331 e. The molecule has 0 amide bonds. The van der Waals surface area contributed by atoms with Gasteiger partial charge in [0.25, 0.3) is 5.56 Å². The second kappa shape index (κ2) is 4.31. The van der Waals surface area contributed by atoms with Crippen LogP contribution in [0.25, 0.3) is 0 Å². The van der Waals surface area contributed by atoms with E-state index in [1.807, 2.05) is 6.92 Å². The largest absolute Gasteiger partial charge is 0.479 e. The molecule has 1 fully saturated rings. The molecular formula is C12H16N2O3. The lowest BCUT2D eigenvalue weighted by atomic mass is 9.76. The molecule has 0 spiro atoms. The van der Waals surface area contributed by atoms with E-state index >= 15 is 0 Å². The molecule has 1 aliphatic carbocycles. The average Bonchev–Trinajstić information content (AvgIpc) is 2.29. The molecule has 0 aliphatic heterocycles. The van der Waals surface area contributed by atoms with Gasteiger partial charge in [0.05, 0.1) is 0 Å². The Kier molecular flexibility index (Phi) is 3.00. The van der Waals surface area contributed by atoms with Crippen LogP contribution < -0.4 is 5.56 Å². The standard InChI is InChI=1S/C12H16N2O3/c1-9-4-2-6-12(8-9,11(16)17)14-10(15)5-3-7-13-14/h3,5,7,9H,2,4,6,8H2,1H3,(H,16,17). The molecule has 1 aromatic rings. The van der Waals surface area contributed by atoms with Crippen LogP contribution >= 0.6 is 0 Å². The summed E-state index contributed by atoms with van der Waals surface area (Å²) in [7, 11) is 0. The minimum atomic E-state index is -1.16. The molecule has 2 rings (SSSR count). The van der Waals surface area contributed by atoms with Gasteiger partial charge in [-0.2, -0.15) is 5.10 Å². The zero-order valence-electron chi connectivity index (χ0n) is 9.80. The highest BCUT2D eigenvalue weighted by Gasteiger charge is 2.45. The summed E-state index contributed by atoms with van der Waals surface area (Å²) in [4.78, 5) is 23.3. The third-order valence-electron chi connectivity index (χ3n) is 3.49. The van der Waals surface area contributed by atoms with Gasteiger partial charge in [0.2, 0.25) is 0 Å². The number of aromatic nitrogens is 2. The third-order valence-corrected chi connectivity index (χ3v) is 3.49. The number of carboxylic acids is 1. The predicted octanol–water partition coefficient (Wildman–Crippen LogP) is 1.23. The first-order valence-electron chi connectivity index (χ1n) is 5.84. The Hall–Kier alpha value is -1.65. The summed E-state index contributed by atoms with van der Waals surface area (Å²) in [6.45, 7) is 2.02. The molecular weight excluding hydrogens is 220 g/mol. The van der Waals surface area contributed by atoms with Crippen molar-refractivity contribution >= 4 is 5.97 Å². The van der Waals surface area contributed by atoms with Crippen molar-refractivity contribution in [2.24, 2.45) is 5.92 Å². The van der Waals surface area contributed by atoms with Crippen LogP contribution in [0.3, 0.4) is 0 Å². The van der Waals surface area contributed by atoms with Crippen molar-refractivity contribution in [1.29, 1.82) is 0 Å². The van der Waals surface area contributed by atoms with Gasteiger partial charge in [-0.15, -0.1) is 0 Å². The number of hydrogen-bond acceptors (Lipinski definition) is 3. The fraction of sp³-hybridized carbons (Fsp3) is 0.583. The van der Waals surface area contributed by atoms with E-state index in [1.165, 1.54) is 18.3 Å². The first kappa shape index (κ1) is 11.8. The van der Waals surface area contributed by atoms with Crippen molar-refractivity contribution in [3.63, 3.8) is 0 Å². The lowest BCUT2D eigenvalue weighted by molar-refractivity contribution is -0.151. The Labute approximate surface area is 99.1 Å². The SMILES string of the molecule is CC1CCCC(C(=O)O)(n2ncccc2=O)C1. The zero-order valence-corrected chi connectivity index (χ0v) is 9.80. The lowest BCUT2D eigenvalue weighted by Crippen LogP contribution is -2.51. The van der Waals surface area contributed by atoms with Crippen LogP contribution in [0.4, 0.5) is 0 Å². The van der Waals surface area contributed by atoms with Crippen LogP contribution in [0.5, 0.6) is 0 Å². The maximum atomic E-state index is 11.8. The number of aliphatic carboxylic acids is 1. The monoisotopic (exact) mass is 236 g/mol. The van der Waals surface area contributed by atoms with Crippen molar-refractivity contribution in [2.45, 2.75) is 38.1 Å². The molecule has 2 atom stereocenters. The topological polar surface area (TPSA) is 72.2 Å². The van der Waals surface area contributed by atoms with Crippen LogP contribution in [0, 0.1) is 5.92 Å². The Morgan fingerprint density at radius 2 is 2.41 bits per heavy atom. The molecule has 92 valence electrons. The highest BCUT2D eigenvalue weighted by molar-refractivity contribution is 5.76. The van der Waals surface area contributed by atoms with Gasteiger partial charge in [0.1, 0.15) is 0 Å². The minimum Gasteiger partial charge on any atom is -0.479 e. The highest BCUT2D eigenvalue weighted by atomic mass is 16.4. The van der Waals surface area contributed by atoms with Crippen LogP contribution in [0.2, 0.25) is 0 Å². The maximum absolute atomic E-state index is 11.8. The average molecular weight is 236 g/mol. The number of hydrogen-bond donors (Lipinski definition) is 1. The van der Waals surface area contributed by atoms with Gasteiger partial charge in [-0.1, -0.05) is 19.8 Å². The molecule has 0 bridgehead atoms. The van der Waals surface area contributed by atoms with Crippen LogP contribution in [-0.2, 0) is 10.3 Å². The molecule has 0 aromatic carbocycles. The van der Waals surface area contributed by atoms with Crippen molar-refractivity contribution in [3.05, 3.63) is 28.7 Å². The van der Waals surface area contributed by atoms with Crippen LogP contribution in [-0.4, -0.2) is 20.9 Å². The summed E-state index contributed by atoms with van der Waals surface area (Å²) in [6, 6.07) is 2.89. The third kappa shape index (κ3) is 1.97. The second-order valence-corrected chi connectivity index (χ2v) is 4.81. The number of carboxylic acid groups (broad SMARTS) is 1. The number of carbonyl (C=O) groups is 1. The Morgan fingerprint density at radius 3 is 3.00 bits per heavy atom. The summed E-state index contributed by atoms with van der Waals surface area (Å²) < 4.78 is 1.14. The number of nitrogens with zero attached hydrogens (tertiary/aromatic N) is 2. The fourth-order valence-corrected chi connectivity index (χ4v) is 2.68. The second-order valence-electron chi connectivity index (χ2n) is 4.81. The van der Waals surface area contributed by atoms with Gasteiger partial charge in [0, 0.05) is 12.3 Å². The normalized spacial score (nSPS) is 28.9. The van der Waals surface area contributed by atoms with Gasteiger partial charge in [-0.3, -0.25) is 4.79 Å². The van der Waals surface area contributed by atoms with Gasteiger partial charge in [-0.25, -0.2) is 9.48 Å². The Balaban J connectivity index is 2.52. The fourth-order valence-electron chi connectivity index (χ4n) is 2.68. The molecule has 1 saturated carbocycles. The lowest BCUT2D eigenvalue weighted by Gasteiger charge is -2.36. The van der Waals surface area contributed by atoms with E-state index in [0.717, 1.165) is 17.5 Å².